The highest BCUT2D eigenvalue weighted by Crippen LogP contribution is 2.25. The van der Waals surface area contributed by atoms with E-state index in [1.807, 2.05) is 19.9 Å². The van der Waals surface area contributed by atoms with E-state index < -0.39 is 17.9 Å². The molecule has 0 saturated heterocycles. The number of nitrogens with two attached hydrogens (primary N) is 1. The molecule has 2 amide bonds. The zero-order chi connectivity index (χ0) is 20.0. The number of aryl methyl sites for hydroxylation is 2. The van der Waals surface area contributed by atoms with Crippen LogP contribution in [0.2, 0.25) is 0 Å². The molecule has 2 N–H and O–H groups in total. The monoisotopic (exact) mass is 371 g/mol. The zero-order valence-electron chi connectivity index (χ0n) is 15.8. The minimum atomic E-state index is -0.794. The molecule has 142 valence electrons. The summed E-state index contributed by atoms with van der Waals surface area (Å²) < 4.78 is 8.53. The quantitative estimate of drug-likeness (QED) is 0.730. The lowest BCUT2D eigenvalue weighted by Crippen LogP contribution is -2.43. The van der Waals surface area contributed by atoms with E-state index in [1.165, 1.54) is 34.0 Å². The maximum Gasteiger partial charge on any atom is 0.294 e. The van der Waals surface area contributed by atoms with E-state index in [1.54, 1.807) is 13.2 Å². The van der Waals surface area contributed by atoms with Gasteiger partial charge in [0.15, 0.2) is 0 Å². The molecule has 0 unspecified atom stereocenters. The summed E-state index contributed by atoms with van der Waals surface area (Å²) in [5.74, 6) is 0.300. The van der Waals surface area contributed by atoms with E-state index in [4.69, 9.17) is 10.2 Å². The summed E-state index contributed by atoms with van der Waals surface area (Å²) in [4.78, 5) is 42.0. The number of hydrogen-bond donors (Lipinski definition) is 1. The molecule has 0 aliphatic rings. The van der Waals surface area contributed by atoms with Gasteiger partial charge in [-0.1, -0.05) is 0 Å². The van der Waals surface area contributed by atoms with E-state index in [0.29, 0.717) is 11.5 Å². The average molecular weight is 371 g/mol. The van der Waals surface area contributed by atoms with Gasteiger partial charge in [-0.25, -0.2) is 4.98 Å². The molecule has 9 heteroatoms. The number of imidazole rings is 1. The van der Waals surface area contributed by atoms with Crippen LogP contribution in [-0.4, -0.2) is 43.8 Å². The van der Waals surface area contributed by atoms with Gasteiger partial charge >= 0.3 is 0 Å². The number of amides is 2. The third-order valence-corrected chi connectivity index (χ3v) is 4.70. The first-order valence-electron chi connectivity index (χ1n) is 8.34. The first kappa shape index (κ1) is 18.4. The van der Waals surface area contributed by atoms with Crippen molar-refractivity contribution in [3.05, 3.63) is 46.0 Å². The van der Waals surface area contributed by atoms with Crippen LogP contribution in [-0.2, 0) is 11.8 Å². The first-order chi connectivity index (χ1) is 12.6. The van der Waals surface area contributed by atoms with Crippen molar-refractivity contribution in [1.82, 2.24) is 18.9 Å². The lowest BCUT2D eigenvalue weighted by molar-refractivity contribution is -0.121. The number of nitrogens with zero attached hydrogens (tertiary/aromatic N) is 4. The molecule has 0 spiro atoms. The minimum absolute atomic E-state index is 0.0555. The van der Waals surface area contributed by atoms with Crippen molar-refractivity contribution in [3.8, 4) is 11.3 Å². The lowest BCUT2D eigenvalue weighted by atomic mass is 10.2. The predicted octanol–water partition coefficient (Wildman–Crippen LogP) is 0.856. The Labute approximate surface area is 155 Å². The van der Waals surface area contributed by atoms with Crippen LogP contribution >= 0.6 is 0 Å². The van der Waals surface area contributed by atoms with Gasteiger partial charge in [-0.3, -0.25) is 18.8 Å². The molecule has 0 bridgehead atoms. The molecule has 3 aromatic heterocycles. The molecule has 0 saturated carbocycles. The van der Waals surface area contributed by atoms with Gasteiger partial charge in [0.1, 0.15) is 23.3 Å². The van der Waals surface area contributed by atoms with E-state index in [-0.39, 0.29) is 16.9 Å². The van der Waals surface area contributed by atoms with E-state index in [9.17, 15) is 14.4 Å². The zero-order valence-corrected chi connectivity index (χ0v) is 15.8. The van der Waals surface area contributed by atoms with E-state index in [2.05, 4.69) is 4.98 Å². The number of carbonyl (C=O) groups is 2. The standard InChI is InChI=1S/C18H21N5O4/c1-9-6-12(11(3)27-9)14-8-23-7-13(20-16(23)18(26)22(14)5)17(25)21(4)10(2)15(19)24/h6-8,10H,1-5H3,(H2,19,24)/t10-/m0/s1. The second-order valence-electron chi connectivity index (χ2n) is 6.56. The molecule has 0 fully saturated rings. The molecule has 1 atom stereocenters. The van der Waals surface area contributed by atoms with Crippen molar-refractivity contribution >= 4 is 17.5 Å². The number of aromatic nitrogens is 3. The summed E-state index contributed by atoms with van der Waals surface area (Å²) in [5.41, 5.74) is 6.49. The van der Waals surface area contributed by atoms with Crippen LogP contribution in [0.5, 0.6) is 0 Å². The highest BCUT2D eigenvalue weighted by Gasteiger charge is 2.24. The number of furan rings is 1. The van der Waals surface area contributed by atoms with Crippen molar-refractivity contribution in [2.75, 3.05) is 7.05 Å². The van der Waals surface area contributed by atoms with Gasteiger partial charge in [-0.05, 0) is 26.8 Å². The van der Waals surface area contributed by atoms with Crippen molar-refractivity contribution in [3.63, 3.8) is 0 Å². The number of fused-ring (bicyclic) bond motifs is 1. The average Bonchev–Trinajstić information content (AvgIpc) is 3.18. The lowest BCUT2D eigenvalue weighted by Gasteiger charge is -2.20. The van der Waals surface area contributed by atoms with Crippen LogP contribution in [0.3, 0.4) is 0 Å². The molecule has 27 heavy (non-hydrogen) atoms. The number of hydrogen-bond acceptors (Lipinski definition) is 5. The summed E-state index contributed by atoms with van der Waals surface area (Å²) in [6.45, 7) is 5.17. The highest BCUT2D eigenvalue weighted by atomic mass is 16.3. The molecule has 9 nitrogen and oxygen atoms in total. The van der Waals surface area contributed by atoms with Crippen molar-refractivity contribution in [2.45, 2.75) is 26.8 Å². The maximum absolute atomic E-state index is 12.7. The van der Waals surface area contributed by atoms with Crippen LogP contribution < -0.4 is 11.3 Å². The van der Waals surface area contributed by atoms with Crippen LogP contribution in [0, 0.1) is 13.8 Å². The third kappa shape index (κ3) is 3.01. The Morgan fingerprint density at radius 3 is 2.52 bits per heavy atom. The largest absolute Gasteiger partial charge is 0.466 e. The minimum Gasteiger partial charge on any atom is -0.466 e. The van der Waals surface area contributed by atoms with Crippen LogP contribution in [0.25, 0.3) is 16.9 Å². The SMILES string of the molecule is Cc1cc(-c2cn3cc(C(=O)N(C)[C@@H](C)C(N)=O)nc3c(=O)n2C)c(C)o1. The molecular weight excluding hydrogens is 350 g/mol. The highest BCUT2D eigenvalue weighted by molar-refractivity contribution is 5.96. The molecule has 0 aliphatic carbocycles. The van der Waals surface area contributed by atoms with Gasteiger partial charge in [0.25, 0.3) is 11.5 Å². The predicted molar refractivity (Wildman–Crippen MR) is 98.4 cm³/mol. The number of primary amides is 1. The van der Waals surface area contributed by atoms with Crippen molar-refractivity contribution in [1.29, 1.82) is 0 Å². The summed E-state index contributed by atoms with van der Waals surface area (Å²) in [6.07, 6.45) is 3.18. The number of rotatable bonds is 4. The van der Waals surface area contributed by atoms with Crippen LogP contribution in [0.1, 0.15) is 28.9 Å². The molecule has 3 heterocycles. The topological polar surface area (TPSA) is 116 Å². The Kier molecular flexibility index (Phi) is 4.38. The Morgan fingerprint density at radius 2 is 1.96 bits per heavy atom. The first-order valence-corrected chi connectivity index (χ1v) is 8.34. The number of carbonyl (C=O) groups excluding carboxylic acids is 2. The second kappa shape index (κ2) is 6.42. The Balaban J connectivity index is 2.12. The van der Waals surface area contributed by atoms with Gasteiger partial charge in [0.05, 0.1) is 5.69 Å². The molecule has 3 rings (SSSR count). The Hall–Kier alpha value is -3.36. The summed E-state index contributed by atoms with van der Waals surface area (Å²) in [5, 5.41) is 0. The van der Waals surface area contributed by atoms with Gasteiger partial charge in [0, 0.05) is 32.1 Å². The van der Waals surface area contributed by atoms with E-state index >= 15 is 0 Å². The number of likely N-dealkylation sites (N-methyl/N-ethyl adjacent to an activating group) is 1. The van der Waals surface area contributed by atoms with Crippen molar-refractivity contribution < 1.29 is 14.0 Å². The summed E-state index contributed by atoms with van der Waals surface area (Å²) >= 11 is 0. The summed E-state index contributed by atoms with van der Waals surface area (Å²) in [7, 11) is 3.10. The molecule has 0 radical (unpaired) electrons. The van der Waals surface area contributed by atoms with Gasteiger partial charge < -0.3 is 19.6 Å². The fourth-order valence-electron chi connectivity index (χ4n) is 2.91. The molecule has 0 aliphatic heterocycles. The van der Waals surface area contributed by atoms with Gasteiger partial charge in [-0.2, -0.15) is 0 Å². The maximum atomic E-state index is 12.7. The third-order valence-electron chi connectivity index (χ3n) is 4.70. The second-order valence-corrected chi connectivity index (χ2v) is 6.56. The Morgan fingerprint density at radius 1 is 1.30 bits per heavy atom. The van der Waals surface area contributed by atoms with Crippen LogP contribution in [0.15, 0.2) is 27.7 Å². The summed E-state index contributed by atoms with van der Waals surface area (Å²) in [6, 6.07) is 1.05. The Bertz CT molecular complexity index is 1120. The van der Waals surface area contributed by atoms with Gasteiger partial charge in [0.2, 0.25) is 11.6 Å². The molecule has 3 aromatic rings. The fraction of sp³-hybridized carbons (Fsp3) is 0.333. The van der Waals surface area contributed by atoms with Crippen molar-refractivity contribution in [2.24, 2.45) is 12.8 Å². The fourth-order valence-corrected chi connectivity index (χ4v) is 2.91. The molecular formula is C18H21N5O4. The van der Waals surface area contributed by atoms with Crippen LogP contribution in [0.4, 0.5) is 0 Å². The van der Waals surface area contributed by atoms with Gasteiger partial charge in [-0.15, -0.1) is 0 Å². The molecule has 0 aromatic carbocycles. The normalized spacial score (nSPS) is 12.3. The van der Waals surface area contributed by atoms with E-state index in [0.717, 1.165) is 11.3 Å². The smallest absolute Gasteiger partial charge is 0.294 e.